The van der Waals surface area contributed by atoms with E-state index in [0.717, 1.165) is 44.8 Å². The second-order valence-electron chi connectivity index (χ2n) is 5.91. The van der Waals surface area contributed by atoms with E-state index in [1.54, 1.807) is 0 Å². The third-order valence-corrected chi connectivity index (χ3v) is 4.04. The molecule has 28 heavy (non-hydrogen) atoms. The van der Waals surface area contributed by atoms with Gasteiger partial charge in [-0.3, -0.25) is 0 Å². The smallest absolute Gasteiger partial charge is 0.0659 e. The Bertz CT molecular complexity index is 1150. The highest BCUT2D eigenvalue weighted by Gasteiger charge is 2.02. The first kappa shape index (κ1) is 18.5. The van der Waals surface area contributed by atoms with Gasteiger partial charge in [-0.1, -0.05) is 0 Å². The van der Waals surface area contributed by atoms with Gasteiger partial charge in [0.2, 0.25) is 0 Å². The molecule has 0 saturated carbocycles. The molecule has 0 fully saturated rings. The summed E-state index contributed by atoms with van der Waals surface area (Å²) in [5, 5.41) is 0. The van der Waals surface area contributed by atoms with Gasteiger partial charge in [0, 0.05) is 22.1 Å². The van der Waals surface area contributed by atoms with E-state index in [4.69, 9.17) is 0 Å². The zero-order chi connectivity index (χ0) is 19.9. The highest BCUT2D eigenvalue weighted by Crippen LogP contribution is 2.17. The molecule has 5 heterocycles. The number of nitrogens with one attached hydrogen (secondary N) is 2. The summed E-state index contributed by atoms with van der Waals surface area (Å²) in [6.07, 6.45) is 24.0. The first-order valence-corrected chi connectivity index (χ1v) is 8.51. The monoisotopic (exact) mass is 362 g/mol. The van der Waals surface area contributed by atoms with Gasteiger partial charge in [0.05, 0.1) is 22.8 Å². The SMILES string of the molecule is C#C.C#C.C1=Cc2cc3ccc(cc4ccc(cc5nc(cc1n2)C=C5)[nH]4)[nH]3. The Labute approximate surface area is 163 Å². The summed E-state index contributed by atoms with van der Waals surface area (Å²) in [6.45, 7) is 0. The summed E-state index contributed by atoms with van der Waals surface area (Å²) in [5.41, 5.74) is 7.86. The van der Waals surface area contributed by atoms with Gasteiger partial charge in [-0.25, -0.2) is 9.97 Å². The first-order valence-electron chi connectivity index (χ1n) is 8.51. The van der Waals surface area contributed by atoms with E-state index in [9.17, 15) is 0 Å². The van der Waals surface area contributed by atoms with Gasteiger partial charge in [0.15, 0.2) is 0 Å². The highest BCUT2D eigenvalue weighted by atomic mass is 14.8. The van der Waals surface area contributed by atoms with E-state index in [1.807, 2.05) is 42.5 Å². The maximum Gasteiger partial charge on any atom is 0.0659 e. The molecule has 0 aromatic carbocycles. The molecular formula is C24H18N4. The van der Waals surface area contributed by atoms with Crippen molar-refractivity contribution in [3.63, 3.8) is 0 Å². The summed E-state index contributed by atoms with van der Waals surface area (Å²) in [5.74, 6) is 0. The molecule has 0 radical (unpaired) electrons. The van der Waals surface area contributed by atoms with Crippen LogP contribution < -0.4 is 0 Å². The van der Waals surface area contributed by atoms with Gasteiger partial charge >= 0.3 is 0 Å². The molecule has 5 rings (SSSR count). The number of hydrogen-bond donors (Lipinski definition) is 2. The third kappa shape index (κ3) is 4.09. The summed E-state index contributed by atoms with van der Waals surface area (Å²) in [6, 6.07) is 16.4. The molecule has 0 aliphatic carbocycles. The number of nitrogens with zero attached hydrogens (tertiary/aromatic N) is 2. The fourth-order valence-electron chi connectivity index (χ4n) is 2.94. The van der Waals surface area contributed by atoms with Crippen molar-refractivity contribution < 1.29 is 0 Å². The Kier molecular flexibility index (Phi) is 5.55. The van der Waals surface area contributed by atoms with Crippen LogP contribution in [0.5, 0.6) is 0 Å². The van der Waals surface area contributed by atoms with Crippen LogP contribution in [0, 0.1) is 25.7 Å². The average molecular weight is 362 g/mol. The minimum absolute atomic E-state index is 0.915. The van der Waals surface area contributed by atoms with Crippen molar-refractivity contribution in [1.29, 1.82) is 0 Å². The molecule has 4 heteroatoms. The number of H-pyrrole nitrogens is 2. The fourth-order valence-corrected chi connectivity index (χ4v) is 2.94. The van der Waals surface area contributed by atoms with Crippen LogP contribution in [0.4, 0.5) is 0 Å². The number of fused-ring (bicyclic) bond motifs is 8. The van der Waals surface area contributed by atoms with Crippen molar-refractivity contribution in [2.75, 3.05) is 0 Å². The van der Waals surface area contributed by atoms with Crippen molar-refractivity contribution in [2.24, 2.45) is 0 Å². The van der Waals surface area contributed by atoms with Gasteiger partial charge < -0.3 is 9.97 Å². The lowest BCUT2D eigenvalue weighted by molar-refractivity contribution is 1.28. The number of hydrogen-bond acceptors (Lipinski definition) is 2. The Hall–Kier alpha value is -4.28. The topological polar surface area (TPSA) is 57.4 Å². The van der Waals surface area contributed by atoms with Gasteiger partial charge in [0.25, 0.3) is 0 Å². The second-order valence-corrected chi connectivity index (χ2v) is 5.91. The summed E-state index contributed by atoms with van der Waals surface area (Å²) < 4.78 is 0. The van der Waals surface area contributed by atoms with E-state index in [0.29, 0.717) is 0 Å². The lowest BCUT2D eigenvalue weighted by Crippen LogP contribution is -1.77. The van der Waals surface area contributed by atoms with Crippen LogP contribution in [0.25, 0.3) is 46.4 Å². The van der Waals surface area contributed by atoms with Crippen LogP contribution in [0.3, 0.4) is 0 Å². The number of aromatic amines is 2. The predicted molar refractivity (Wildman–Crippen MR) is 119 cm³/mol. The molecule has 0 unspecified atom stereocenters. The van der Waals surface area contributed by atoms with Gasteiger partial charge in [0.1, 0.15) is 0 Å². The minimum atomic E-state index is 0.915. The minimum Gasteiger partial charge on any atom is -0.355 e. The molecule has 2 N–H and O–H groups in total. The van der Waals surface area contributed by atoms with Crippen LogP contribution in [0.2, 0.25) is 0 Å². The molecule has 0 saturated heterocycles. The quantitative estimate of drug-likeness (QED) is 0.374. The van der Waals surface area contributed by atoms with Crippen LogP contribution in [0.1, 0.15) is 22.8 Å². The van der Waals surface area contributed by atoms with Crippen LogP contribution in [-0.2, 0) is 0 Å². The standard InChI is InChI=1S/C20H14N4.2C2H2/c1-2-14-10-16-5-6-18(23-16)12-20-8-7-19(24-20)11-17-4-3-15(22-17)9-13(1)21-14;2*1-2/h1-12,21-22H;2*1-2H. The first-order chi connectivity index (χ1) is 13.8. The van der Waals surface area contributed by atoms with Crippen molar-refractivity contribution in [1.82, 2.24) is 19.9 Å². The zero-order valence-corrected chi connectivity index (χ0v) is 15.1. The van der Waals surface area contributed by atoms with Crippen molar-refractivity contribution >= 4 is 46.4 Å². The summed E-state index contributed by atoms with van der Waals surface area (Å²) >= 11 is 0. The van der Waals surface area contributed by atoms with E-state index in [2.05, 4.69) is 76.0 Å². The van der Waals surface area contributed by atoms with E-state index < -0.39 is 0 Å². The summed E-state index contributed by atoms with van der Waals surface area (Å²) in [4.78, 5) is 16.0. The Morgan fingerprint density at radius 3 is 1.18 bits per heavy atom. The average Bonchev–Trinajstić information content (AvgIpc) is 3.51. The number of terminal acetylenes is 2. The van der Waals surface area contributed by atoms with Crippen LogP contribution >= 0.6 is 0 Å². The van der Waals surface area contributed by atoms with Crippen molar-refractivity contribution in [2.45, 2.75) is 0 Å². The molecular weight excluding hydrogens is 344 g/mol. The highest BCUT2D eigenvalue weighted by molar-refractivity contribution is 5.77. The van der Waals surface area contributed by atoms with Crippen molar-refractivity contribution in [3.05, 3.63) is 71.3 Å². The molecule has 3 aromatic rings. The molecule has 2 aliphatic rings. The Morgan fingerprint density at radius 2 is 0.786 bits per heavy atom. The third-order valence-electron chi connectivity index (χ3n) is 4.04. The van der Waals surface area contributed by atoms with Crippen molar-refractivity contribution in [3.8, 4) is 25.7 Å². The molecule has 3 aromatic heterocycles. The zero-order valence-electron chi connectivity index (χ0n) is 15.1. The predicted octanol–water partition coefficient (Wildman–Crippen LogP) is 5.15. The molecule has 0 spiro atoms. The molecule has 2 aliphatic heterocycles. The maximum absolute atomic E-state index is 4.62. The van der Waals surface area contributed by atoms with E-state index in [1.165, 1.54) is 0 Å². The largest absolute Gasteiger partial charge is 0.355 e. The van der Waals surface area contributed by atoms with E-state index >= 15 is 0 Å². The molecule has 0 atom stereocenters. The fraction of sp³-hybridized carbons (Fsp3) is 0. The van der Waals surface area contributed by atoms with Crippen LogP contribution in [0.15, 0.2) is 48.5 Å². The lowest BCUT2D eigenvalue weighted by Gasteiger charge is -1.86. The second kappa shape index (κ2) is 8.40. The maximum atomic E-state index is 4.62. The van der Waals surface area contributed by atoms with Gasteiger partial charge in [-0.05, 0) is 72.8 Å². The normalized spacial score (nSPS) is 11.0. The molecule has 134 valence electrons. The Morgan fingerprint density at radius 1 is 0.464 bits per heavy atom. The summed E-state index contributed by atoms with van der Waals surface area (Å²) in [7, 11) is 0. The van der Waals surface area contributed by atoms with Gasteiger partial charge in [-0.15, -0.1) is 25.7 Å². The Balaban J connectivity index is 0.000000531. The number of aromatic nitrogens is 4. The molecule has 4 nitrogen and oxygen atoms in total. The van der Waals surface area contributed by atoms with E-state index in [-0.39, 0.29) is 0 Å². The molecule has 0 amide bonds. The van der Waals surface area contributed by atoms with Gasteiger partial charge in [-0.2, -0.15) is 0 Å². The lowest BCUT2D eigenvalue weighted by atomic mass is 10.3. The number of rotatable bonds is 0. The van der Waals surface area contributed by atoms with Crippen LogP contribution in [-0.4, -0.2) is 19.9 Å². The molecule has 8 bridgehead atoms.